The van der Waals surface area contributed by atoms with Crippen molar-refractivity contribution in [1.82, 2.24) is 25.4 Å². The fraction of sp³-hybridized carbons (Fsp3) is 0.591. The zero-order chi connectivity index (χ0) is 22.1. The Morgan fingerprint density at radius 3 is 2.77 bits per heavy atom. The number of hydrogen-bond acceptors (Lipinski definition) is 5. The lowest BCUT2D eigenvalue weighted by Crippen LogP contribution is -2.49. The average Bonchev–Trinajstić information content (AvgIpc) is 3.10. The van der Waals surface area contributed by atoms with Crippen molar-refractivity contribution in [2.24, 2.45) is 12.0 Å². The van der Waals surface area contributed by atoms with E-state index in [1.165, 1.54) is 6.07 Å². The number of guanidine groups is 1. The lowest BCUT2D eigenvalue weighted by atomic mass is 10.0. The first-order valence-electron chi connectivity index (χ1n) is 11.0. The summed E-state index contributed by atoms with van der Waals surface area (Å²) in [5, 5.41) is 15.3. The molecule has 0 unspecified atom stereocenters. The van der Waals surface area contributed by atoms with Crippen molar-refractivity contribution in [3.8, 4) is 0 Å². The fourth-order valence-corrected chi connectivity index (χ4v) is 3.56. The monoisotopic (exact) mass is 431 g/mol. The number of aromatic nitrogens is 3. The highest BCUT2D eigenvalue weighted by atomic mass is 19.1. The van der Waals surface area contributed by atoms with Crippen LogP contribution in [0.5, 0.6) is 0 Å². The lowest BCUT2D eigenvalue weighted by molar-refractivity contribution is 0.145. The van der Waals surface area contributed by atoms with Crippen LogP contribution in [0, 0.1) is 12.7 Å². The Kier molecular flexibility index (Phi) is 8.63. The number of benzene rings is 1. The molecule has 170 valence electrons. The molecular weight excluding hydrogens is 397 g/mol. The molecule has 31 heavy (non-hydrogen) atoms. The van der Waals surface area contributed by atoms with Gasteiger partial charge in [0.1, 0.15) is 18.2 Å². The molecule has 2 heterocycles. The van der Waals surface area contributed by atoms with Crippen LogP contribution in [0.4, 0.5) is 10.1 Å². The van der Waals surface area contributed by atoms with E-state index >= 15 is 0 Å². The molecule has 2 N–H and O–H groups in total. The minimum atomic E-state index is -0.192. The van der Waals surface area contributed by atoms with Crippen molar-refractivity contribution in [2.45, 2.75) is 45.7 Å². The van der Waals surface area contributed by atoms with Gasteiger partial charge in [-0.05, 0) is 51.3 Å². The number of aliphatic imine (C=N–C) groups is 1. The van der Waals surface area contributed by atoms with Crippen molar-refractivity contribution in [2.75, 3.05) is 37.7 Å². The summed E-state index contributed by atoms with van der Waals surface area (Å²) in [5.74, 6) is 2.28. The molecule has 8 nitrogen and oxygen atoms in total. The summed E-state index contributed by atoms with van der Waals surface area (Å²) in [7, 11) is 1.95. The van der Waals surface area contributed by atoms with E-state index in [0.717, 1.165) is 75.4 Å². The van der Waals surface area contributed by atoms with Gasteiger partial charge in [-0.15, -0.1) is 10.2 Å². The Labute approximate surface area is 183 Å². The molecule has 1 aromatic carbocycles. The number of rotatable bonds is 9. The van der Waals surface area contributed by atoms with Gasteiger partial charge in [-0.25, -0.2) is 9.38 Å². The van der Waals surface area contributed by atoms with E-state index in [0.29, 0.717) is 12.6 Å². The van der Waals surface area contributed by atoms with Gasteiger partial charge in [-0.1, -0.05) is 6.07 Å². The van der Waals surface area contributed by atoms with Crippen molar-refractivity contribution in [1.29, 1.82) is 0 Å². The number of halogens is 1. The second-order valence-electron chi connectivity index (χ2n) is 7.75. The van der Waals surface area contributed by atoms with Crippen LogP contribution in [0.2, 0.25) is 0 Å². The van der Waals surface area contributed by atoms with Gasteiger partial charge < -0.3 is 24.8 Å². The smallest absolute Gasteiger partial charge is 0.191 e. The second-order valence-corrected chi connectivity index (χ2v) is 7.75. The molecule has 1 aliphatic heterocycles. The van der Waals surface area contributed by atoms with Crippen LogP contribution in [-0.2, 0) is 18.3 Å². The zero-order valence-corrected chi connectivity index (χ0v) is 18.8. The minimum absolute atomic E-state index is 0.192. The summed E-state index contributed by atoms with van der Waals surface area (Å²) in [6.07, 6.45) is 2.83. The number of nitrogens with zero attached hydrogens (tertiary/aromatic N) is 5. The fourth-order valence-electron chi connectivity index (χ4n) is 3.56. The highest BCUT2D eigenvalue weighted by Crippen LogP contribution is 2.20. The van der Waals surface area contributed by atoms with Crippen LogP contribution in [0.3, 0.4) is 0 Å². The number of hydrogen-bond donors (Lipinski definition) is 2. The molecule has 0 atom stereocenters. The third-order valence-electron chi connectivity index (χ3n) is 5.53. The third-order valence-corrected chi connectivity index (χ3v) is 5.53. The lowest BCUT2D eigenvalue weighted by Gasteiger charge is -2.34. The summed E-state index contributed by atoms with van der Waals surface area (Å²) >= 11 is 0. The van der Waals surface area contributed by atoms with Gasteiger partial charge in [0.05, 0.1) is 0 Å². The van der Waals surface area contributed by atoms with Gasteiger partial charge in [-0.2, -0.15) is 0 Å². The summed E-state index contributed by atoms with van der Waals surface area (Å²) in [6, 6.07) is 7.12. The first-order valence-corrected chi connectivity index (χ1v) is 11.0. The van der Waals surface area contributed by atoms with Crippen molar-refractivity contribution in [3.63, 3.8) is 0 Å². The first-order chi connectivity index (χ1) is 15.1. The minimum Gasteiger partial charge on any atom is -0.382 e. The summed E-state index contributed by atoms with van der Waals surface area (Å²) in [4.78, 5) is 6.97. The third kappa shape index (κ3) is 6.92. The maximum atomic E-state index is 13.5. The van der Waals surface area contributed by atoms with Crippen molar-refractivity contribution < 1.29 is 9.13 Å². The SMILES string of the molecule is CCOCCCNC(=NCc1nnc(C)n1C)NC1CCN(c2cccc(F)c2)CC1. The average molecular weight is 432 g/mol. The van der Waals surface area contributed by atoms with Crippen LogP contribution in [0.15, 0.2) is 29.3 Å². The maximum absolute atomic E-state index is 13.5. The zero-order valence-electron chi connectivity index (χ0n) is 18.8. The Balaban J connectivity index is 1.56. The summed E-state index contributed by atoms with van der Waals surface area (Å²) in [6.45, 7) is 8.38. The first kappa shape index (κ1) is 23.0. The molecule has 0 spiro atoms. The van der Waals surface area contributed by atoms with E-state index in [1.54, 1.807) is 12.1 Å². The van der Waals surface area contributed by atoms with E-state index < -0.39 is 0 Å². The van der Waals surface area contributed by atoms with E-state index in [9.17, 15) is 4.39 Å². The van der Waals surface area contributed by atoms with Gasteiger partial charge in [0.25, 0.3) is 0 Å². The second kappa shape index (κ2) is 11.6. The Morgan fingerprint density at radius 2 is 2.10 bits per heavy atom. The van der Waals surface area contributed by atoms with Crippen molar-refractivity contribution >= 4 is 11.6 Å². The molecule has 3 rings (SSSR count). The number of piperidine rings is 1. The molecule has 2 aromatic rings. The van der Waals surface area contributed by atoms with Crippen LogP contribution in [0.25, 0.3) is 0 Å². The van der Waals surface area contributed by atoms with Crippen LogP contribution in [0.1, 0.15) is 37.8 Å². The van der Waals surface area contributed by atoms with Crippen LogP contribution >= 0.6 is 0 Å². The predicted octanol–water partition coefficient (Wildman–Crippen LogP) is 2.39. The Morgan fingerprint density at radius 1 is 1.29 bits per heavy atom. The van der Waals surface area contributed by atoms with Crippen LogP contribution < -0.4 is 15.5 Å². The van der Waals surface area contributed by atoms with Gasteiger partial charge in [0.15, 0.2) is 11.8 Å². The summed E-state index contributed by atoms with van der Waals surface area (Å²) in [5.41, 5.74) is 0.944. The highest BCUT2D eigenvalue weighted by molar-refractivity contribution is 5.80. The van der Waals surface area contributed by atoms with E-state index in [-0.39, 0.29) is 5.82 Å². The molecule has 9 heteroatoms. The topological polar surface area (TPSA) is 79.6 Å². The molecule has 0 bridgehead atoms. The molecular formula is C22H34FN7O. The molecule has 0 aliphatic carbocycles. The van der Waals surface area contributed by atoms with E-state index in [2.05, 4.69) is 25.7 Å². The highest BCUT2D eigenvalue weighted by Gasteiger charge is 2.20. The quantitative estimate of drug-likeness (QED) is 0.361. The largest absolute Gasteiger partial charge is 0.382 e. The molecule has 1 saturated heterocycles. The number of anilines is 1. The van der Waals surface area contributed by atoms with E-state index in [1.807, 2.05) is 31.5 Å². The van der Waals surface area contributed by atoms with Gasteiger partial charge in [-0.3, -0.25) is 0 Å². The van der Waals surface area contributed by atoms with Gasteiger partial charge >= 0.3 is 0 Å². The molecule has 0 radical (unpaired) electrons. The normalized spacial score (nSPS) is 15.4. The number of nitrogens with one attached hydrogen (secondary N) is 2. The summed E-state index contributed by atoms with van der Waals surface area (Å²) < 4.78 is 20.9. The number of ether oxygens (including phenoxy) is 1. The van der Waals surface area contributed by atoms with Crippen LogP contribution in [-0.4, -0.2) is 59.6 Å². The Hall–Kier alpha value is -2.68. The Bertz CT molecular complexity index is 846. The molecule has 1 aliphatic rings. The van der Waals surface area contributed by atoms with Gasteiger partial charge in [0, 0.05) is 51.6 Å². The standard InChI is InChI=1S/C22H34FN7O/c1-4-31-14-6-11-24-22(25-16-21-28-27-17(2)29(21)3)26-19-9-12-30(13-10-19)20-8-5-7-18(23)15-20/h5,7-8,15,19H,4,6,9-14,16H2,1-3H3,(H2,24,25,26). The molecule has 0 amide bonds. The molecule has 1 aromatic heterocycles. The van der Waals surface area contributed by atoms with Crippen molar-refractivity contribution in [3.05, 3.63) is 41.7 Å². The predicted molar refractivity (Wildman–Crippen MR) is 121 cm³/mol. The maximum Gasteiger partial charge on any atom is 0.191 e. The number of aryl methyl sites for hydroxylation is 1. The van der Waals surface area contributed by atoms with E-state index in [4.69, 9.17) is 9.73 Å². The molecule has 0 saturated carbocycles. The molecule has 1 fully saturated rings. The van der Waals surface area contributed by atoms with Gasteiger partial charge in [0.2, 0.25) is 0 Å².